The number of hydrogen-bond donors (Lipinski definition) is 0. The van der Waals surface area contributed by atoms with Crippen LogP contribution in [0.3, 0.4) is 0 Å². The molecule has 24 heavy (non-hydrogen) atoms. The lowest BCUT2D eigenvalue weighted by Crippen LogP contribution is -2.37. The van der Waals surface area contributed by atoms with E-state index < -0.39 is 0 Å². The van der Waals surface area contributed by atoms with E-state index in [0.717, 1.165) is 24.5 Å². The molecule has 0 aliphatic carbocycles. The van der Waals surface area contributed by atoms with Gasteiger partial charge in [0.05, 0.1) is 13.2 Å². The molecule has 0 spiro atoms. The summed E-state index contributed by atoms with van der Waals surface area (Å²) >= 11 is 0. The molecule has 4 rings (SSSR count). The number of carbonyl (C=O) groups excluding carboxylic acids is 1. The van der Waals surface area contributed by atoms with Gasteiger partial charge in [0.2, 0.25) is 0 Å². The number of ether oxygens (including phenoxy) is 1. The summed E-state index contributed by atoms with van der Waals surface area (Å²) in [6, 6.07) is 13.6. The fraction of sp³-hybridized carbons (Fsp3) is 0.278. The van der Waals surface area contributed by atoms with Crippen LogP contribution >= 0.6 is 0 Å². The van der Waals surface area contributed by atoms with Crippen LogP contribution in [0.4, 0.5) is 5.82 Å². The zero-order chi connectivity index (χ0) is 16.5. The molecule has 2 aromatic heterocycles. The number of fused-ring (bicyclic) bond motifs is 1. The third kappa shape index (κ3) is 2.55. The second-order valence-corrected chi connectivity index (χ2v) is 5.79. The third-order valence-corrected chi connectivity index (χ3v) is 4.18. The molecule has 0 radical (unpaired) electrons. The van der Waals surface area contributed by atoms with Gasteiger partial charge in [-0.1, -0.05) is 30.3 Å². The minimum atomic E-state index is -0.0482. The van der Waals surface area contributed by atoms with Gasteiger partial charge in [-0.05, 0) is 12.1 Å². The van der Waals surface area contributed by atoms with Crippen molar-refractivity contribution in [3.8, 4) is 11.3 Å². The predicted molar refractivity (Wildman–Crippen MR) is 91.5 cm³/mol. The lowest BCUT2D eigenvalue weighted by molar-refractivity contribution is 0.101. The second-order valence-electron chi connectivity index (χ2n) is 5.79. The summed E-state index contributed by atoms with van der Waals surface area (Å²) < 4.78 is 7.05. The maximum absolute atomic E-state index is 12.3. The number of carbonyl (C=O) groups is 1. The van der Waals surface area contributed by atoms with E-state index in [1.54, 1.807) is 11.4 Å². The fourth-order valence-electron chi connectivity index (χ4n) is 3.00. The highest BCUT2D eigenvalue weighted by molar-refractivity contribution is 5.99. The molecule has 122 valence electrons. The Bertz CT molecular complexity index is 883. The van der Waals surface area contributed by atoms with Crippen molar-refractivity contribution in [2.24, 2.45) is 0 Å². The van der Waals surface area contributed by atoms with Gasteiger partial charge in [-0.15, -0.1) is 5.10 Å². The van der Waals surface area contributed by atoms with E-state index in [1.807, 2.05) is 42.5 Å². The van der Waals surface area contributed by atoms with Gasteiger partial charge in [0.1, 0.15) is 17.2 Å². The highest BCUT2D eigenvalue weighted by atomic mass is 16.5. The Balaban J connectivity index is 1.86. The number of benzene rings is 1. The summed E-state index contributed by atoms with van der Waals surface area (Å²) in [7, 11) is 0. The SMILES string of the molecule is CC(=O)c1c(-c2ccccc2)nc2ccc(N3CCOCC3)nn12. The largest absolute Gasteiger partial charge is 0.378 e. The smallest absolute Gasteiger partial charge is 0.180 e. The Labute approximate surface area is 139 Å². The van der Waals surface area contributed by atoms with Crippen LogP contribution in [0.25, 0.3) is 16.9 Å². The van der Waals surface area contributed by atoms with Gasteiger partial charge >= 0.3 is 0 Å². The highest BCUT2D eigenvalue weighted by Gasteiger charge is 2.20. The summed E-state index contributed by atoms with van der Waals surface area (Å²) in [6.45, 7) is 4.54. The van der Waals surface area contributed by atoms with E-state index in [0.29, 0.717) is 30.2 Å². The van der Waals surface area contributed by atoms with E-state index in [-0.39, 0.29) is 5.78 Å². The Kier molecular flexibility index (Phi) is 3.74. The normalized spacial score (nSPS) is 15.0. The number of rotatable bonds is 3. The Morgan fingerprint density at radius 3 is 2.54 bits per heavy atom. The first-order valence-electron chi connectivity index (χ1n) is 8.03. The molecule has 3 heterocycles. The van der Waals surface area contributed by atoms with Crippen molar-refractivity contribution in [2.75, 3.05) is 31.2 Å². The highest BCUT2D eigenvalue weighted by Crippen LogP contribution is 2.25. The van der Waals surface area contributed by atoms with Crippen molar-refractivity contribution in [1.29, 1.82) is 0 Å². The molecule has 1 aliphatic rings. The van der Waals surface area contributed by atoms with Gasteiger partial charge in [0.15, 0.2) is 11.4 Å². The first-order chi connectivity index (χ1) is 11.7. The van der Waals surface area contributed by atoms with Crippen LogP contribution in [-0.2, 0) is 4.74 Å². The van der Waals surface area contributed by atoms with Crippen molar-refractivity contribution in [3.05, 3.63) is 48.2 Å². The molecule has 0 bridgehead atoms. The minimum Gasteiger partial charge on any atom is -0.378 e. The molecule has 1 saturated heterocycles. The number of Topliss-reactive ketones (excluding diaryl/α,β-unsaturated/α-hetero) is 1. The summed E-state index contributed by atoms with van der Waals surface area (Å²) in [5, 5.41) is 4.67. The molecule has 0 amide bonds. The first-order valence-corrected chi connectivity index (χ1v) is 8.03. The summed E-state index contributed by atoms with van der Waals surface area (Å²) in [6.07, 6.45) is 0. The van der Waals surface area contributed by atoms with Crippen LogP contribution in [0, 0.1) is 0 Å². The Hall–Kier alpha value is -2.73. The molecular formula is C18H18N4O2. The lowest BCUT2D eigenvalue weighted by atomic mass is 10.1. The third-order valence-electron chi connectivity index (χ3n) is 4.18. The predicted octanol–water partition coefficient (Wildman–Crippen LogP) is 2.44. The van der Waals surface area contributed by atoms with Crippen LogP contribution in [0.2, 0.25) is 0 Å². The second kappa shape index (κ2) is 6.05. The molecule has 0 saturated carbocycles. The van der Waals surface area contributed by atoms with Gasteiger partial charge in [-0.3, -0.25) is 4.79 Å². The van der Waals surface area contributed by atoms with Crippen LogP contribution in [0.1, 0.15) is 17.4 Å². The van der Waals surface area contributed by atoms with Crippen molar-refractivity contribution < 1.29 is 9.53 Å². The molecule has 1 aromatic carbocycles. The monoisotopic (exact) mass is 322 g/mol. The Morgan fingerprint density at radius 1 is 1.08 bits per heavy atom. The van der Waals surface area contributed by atoms with Crippen LogP contribution in [0.5, 0.6) is 0 Å². The summed E-state index contributed by atoms with van der Waals surface area (Å²) in [5.41, 5.74) is 2.79. The van der Waals surface area contributed by atoms with E-state index in [2.05, 4.69) is 15.0 Å². The van der Waals surface area contributed by atoms with Gasteiger partial charge in [-0.2, -0.15) is 0 Å². The van der Waals surface area contributed by atoms with Crippen LogP contribution in [0.15, 0.2) is 42.5 Å². The number of aromatic nitrogens is 3. The van der Waals surface area contributed by atoms with Gasteiger partial charge in [0, 0.05) is 25.6 Å². The molecule has 0 N–H and O–H groups in total. The fourth-order valence-corrected chi connectivity index (χ4v) is 3.00. The van der Waals surface area contributed by atoms with Gasteiger partial charge in [-0.25, -0.2) is 9.50 Å². The van der Waals surface area contributed by atoms with Crippen molar-refractivity contribution in [3.63, 3.8) is 0 Å². The molecule has 0 unspecified atom stereocenters. The molecular weight excluding hydrogens is 304 g/mol. The molecule has 6 heteroatoms. The number of imidazole rings is 1. The lowest BCUT2D eigenvalue weighted by Gasteiger charge is -2.27. The van der Waals surface area contributed by atoms with Crippen molar-refractivity contribution in [2.45, 2.75) is 6.92 Å². The zero-order valence-electron chi connectivity index (χ0n) is 13.5. The molecule has 1 fully saturated rings. The number of nitrogens with zero attached hydrogens (tertiary/aromatic N) is 4. The van der Waals surface area contributed by atoms with Crippen molar-refractivity contribution >= 4 is 17.2 Å². The average molecular weight is 322 g/mol. The van der Waals surface area contributed by atoms with Crippen molar-refractivity contribution in [1.82, 2.24) is 14.6 Å². The van der Waals surface area contributed by atoms with E-state index in [9.17, 15) is 4.79 Å². The molecule has 6 nitrogen and oxygen atoms in total. The van der Waals surface area contributed by atoms with Gasteiger partial charge in [0.25, 0.3) is 0 Å². The minimum absolute atomic E-state index is 0.0482. The van der Waals surface area contributed by atoms with Crippen LogP contribution < -0.4 is 4.90 Å². The Morgan fingerprint density at radius 2 is 1.83 bits per heavy atom. The summed E-state index contributed by atoms with van der Waals surface area (Å²) in [4.78, 5) is 19.1. The van der Waals surface area contributed by atoms with Crippen LogP contribution in [-0.4, -0.2) is 46.7 Å². The van der Waals surface area contributed by atoms with Gasteiger partial charge < -0.3 is 9.64 Å². The number of ketones is 1. The average Bonchev–Trinajstić information content (AvgIpc) is 3.02. The number of anilines is 1. The molecule has 3 aromatic rings. The topological polar surface area (TPSA) is 59.7 Å². The zero-order valence-corrected chi connectivity index (χ0v) is 13.5. The standard InChI is InChI=1S/C18H18N4O2/c1-13(23)18-17(14-5-3-2-4-6-14)19-15-7-8-16(20-22(15)18)21-9-11-24-12-10-21/h2-8H,9-12H2,1H3. The first kappa shape index (κ1) is 14.8. The number of hydrogen-bond acceptors (Lipinski definition) is 5. The summed E-state index contributed by atoms with van der Waals surface area (Å²) in [5.74, 6) is 0.790. The number of morpholine rings is 1. The maximum Gasteiger partial charge on any atom is 0.180 e. The molecule has 1 aliphatic heterocycles. The van der Waals surface area contributed by atoms with E-state index in [4.69, 9.17) is 4.74 Å². The maximum atomic E-state index is 12.3. The molecule has 0 atom stereocenters. The van der Waals surface area contributed by atoms with E-state index in [1.165, 1.54) is 0 Å². The van der Waals surface area contributed by atoms with E-state index >= 15 is 0 Å². The quantitative estimate of drug-likeness (QED) is 0.693.